The van der Waals surface area contributed by atoms with Gasteiger partial charge in [0.05, 0.1) is 6.61 Å². The fourth-order valence-corrected chi connectivity index (χ4v) is 1.87. The van der Waals surface area contributed by atoms with Gasteiger partial charge in [-0.15, -0.1) is 0 Å². The monoisotopic (exact) mass is 256 g/mol. The lowest BCUT2D eigenvalue weighted by Crippen LogP contribution is -2.32. The molecule has 0 saturated carbocycles. The normalized spacial score (nSPS) is 32.5. The van der Waals surface area contributed by atoms with Crippen molar-refractivity contribution >= 4 is 28.6 Å². The quantitative estimate of drug-likeness (QED) is 0.590. The molecule has 1 saturated heterocycles. The predicted octanol–water partition coefficient (Wildman–Crippen LogP) is 0.913. The van der Waals surface area contributed by atoms with Gasteiger partial charge in [-0.2, -0.15) is 0 Å². The average molecular weight is 256 g/mol. The van der Waals surface area contributed by atoms with Crippen molar-refractivity contribution in [3.05, 3.63) is 0 Å². The Labute approximate surface area is 72.9 Å². The van der Waals surface area contributed by atoms with E-state index in [1.807, 2.05) is 0 Å². The van der Waals surface area contributed by atoms with Crippen molar-refractivity contribution in [2.24, 2.45) is 5.41 Å². The molecule has 1 fully saturated rings. The summed E-state index contributed by atoms with van der Waals surface area (Å²) in [6, 6.07) is 0. The summed E-state index contributed by atoms with van der Waals surface area (Å²) in [5.74, 6) is -0.723. The van der Waals surface area contributed by atoms with Gasteiger partial charge >= 0.3 is 5.97 Å². The molecule has 3 nitrogen and oxygen atoms in total. The van der Waals surface area contributed by atoms with E-state index in [1.54, 1.807) is 0 Å². The highest BCUT2D eigenvalue weighted by molar-refractivity contribution is 14.1. The minimum Gasteiger partial charge on any atom is -0.481 e. The van der Waals surface area contributed by atoms with Crippen molar-refractivity contribution in [3.63, 3.8) is 0 Å². The van der Waals surface area contributed by atoms with Crippen molar-refractivity contribution in [1.82, 2.24) is 0 Å². The number of alkyl halides is 1. The van der Waals surface area contributed by atoms with Crippen molar-refractivity contribution in [1.29, 1.82) is 0 Å². The Morgan fingerprint density at radius 2 is 2.50 bits per heavy atom. The summed E-state index contributed by atoms with van der Waals surface area (Å²) in [5, 5.41) is 8.78. The molecule has 1 atom stereocenters. The predicted molar refractivity (Wildman–Crippen MR) is 44.4 cm³/mol. The summed E-state index contributed by atoms with van der Waals surface area (Å²) in [4.78, 5) is 10.7. The Morgan fingerprint density at radius 1 is 1.80 bits per heavy atom. The maximum Gasteiger partial charge on any atom is 0.312 e. The van der Waals surface area contributed by atoms with Crippen LogP contribution in [0.3, 0.4) is 0 Å². The van der Waals surface area contributed by atoms with E-state index in [0.29, 0.717) is 24.1 Å². The van der Waals surface area contributed by atoms with Crippen molar-refractivity contribution in [2.75, 3.05) is 17.6 Å². The third-order valence-electron chi connectivity index (χ3n) is 1.81. The summed E-state index contributed by atoms with van der Waals surface area (Å²) in [5.41, 5.74) is -0.583. The van der Waals surface area contributed by atoms with E-state index in [-0.39, 0.29) is 0 Å². The molecule has 0 radical (unpaired) electrons. The molecule has 0 bridgehead atoms. The molecule has 4 heteroatoms. The standard InChI is InChI=1S/C6H9IO3/c7-3-6(5(8)9)1-2-10-4-6/h1-4H2,(H,8,9). The Hall–Kier alpha value is 0.160. The number of carboxylic acid groups (broad SMARTS) is 1. The van der Waals surface area contributed by atoms with Crippen LogP contribution in [0.4, 0.5) is 0 Å². The summed E-state index contributed by atoms with van der Waals surface area (Å²) >= 11 is 2.10. The van der Waals surface area contributed by atoms with E-state index >= 15 is 0 Å². The van der Waals surface area contributed by atoms with Crippen LogP contribution in [-0.2, 0) is 9.53 Å². The number of halogens is 1. The largest absolute Gasteiger partial charge is 0.481 e. The van der Waals surface area contributed by atoms with Crippen molar-refractivity contribution in [2.45, 2.75) is 6.42 Å². The summed E-state index contributed by atoms with van der Waals surface area (Å²) in [6.45, 7) is 0.973. The van der Waals surface area contributed by atoms with Crippen LogP contribution in [-0.4, -0.2) is 28.7 Å². The fourth-order valence-electron chi connectivity index (χ4n) is 0.938. The van der Waals surface area contributed by atoms with Gasteiger partial charge in [-0.3, -0.25) is 4.79 Å². The van der Waals surface area contributed by atoms with Crippen molar-refractivity contribution < 1.29 is 14.6 Å². The van der Waals surface area contributed by atoms with Crippen LogP contribution in [0.5, 0.6) is 0 Å². The van der Waals surface area contributed by atoms with E-state index in [4.69, 9.17) is 9.84 Å². The molecule has 0 spiro atoms. The first-order valence-corrected chi connectivity index (χ1v) is 4.61. The summed E-state index contributed by atoms with van der Waals surface area (Å²) < 4.78 is 5.67. The summed E-state index contributed by atoms with van der Waals surface area (Å²) in [6.07, 6.45) is 0.658. The number of hydrogen-bond acceptors (Lipinski definition) is 2. The van der Waals surface area contributed by atoms with Crippen LogP contribution < -0.4 is 0 Å². The van der Waals surface area contributed by atoms with E-state index in [2.05, 4.69) is 22.6 Å². The highest BCUT2D eigenvalue weighted by Crippen LogP contribution is 2.30. The van der Waals surface area contributed by atoms with Gasteiger partial charge in [-0.1, -0.05) is 22.6 Å². The van der Waals surface area contributed by atoms with Gasteiger partial charge in [0, 0.05) is 11.0 Å². The first kappa shape index (κ1) is 8.26. The lowest BCUT2D eigenvalue weighted by Gasteiger charge is -2.17. The Balaban J connectivity index is 2.67. The second-order valence-electron chi connectivity index (χ2n) is 2.52. The second-order valence-corrected chi connectivity index (χ2v) is 3.28. The maximum absolute atomic E-state index is 10.7. The van der Waals surface area contributed by atoms with Gasteiger partial charge in [0.25, 0.3) is 0 Å². The molecule has 0 amide bonds. The van der Waals surface area contributed by atoms with E-state index < -0.39 is 11.4 Å². The molecule has 1 rings (SSSR count). The Morgan fingerprint density at radius 3 is 2.70 bits per heavy atom. The zero-order valence-corrected chi connectivity index (χ0v) is 7.63. The molecule has 1 aliphatic rings. The minimum absolute atomic E-state index is 0.380. The molecule has 0 aliphatic carbocycles. The summed E-state index contributed by atoms with van der Waals surface area (Å²) in [7, 11) is 0. The van der Waals surface area contributed by atoms with Crippen LogP contribution >= 0.6 is 22.6 Å². The topological polar surface area (TPSA) is 46.5 Å². The highest BCUT2D eigenvalue weighted by atomic mass is 127. The van der Waals surface area contributed by atoms with Crippen LogP contribution in [0.15, 0.2) is 0 Å². The van der Waals surface area contributed by atoms with Gasteiger partial charge in [0.1, 0.15) is 5.41 Å². The van der Waals surface area contributed by atoms with Gasteiger partial charge < -0.3 is 9.84 Å². The van der Waals surface area contributed by atoms with Crippen molar-refractivity contribution in [3.8, 4) is 0 Å². The first-order valence-electron chi connectivity index (χ1n) is 3.08. The number of ether oxygens (including phenoxy) is 1. The number of carbonyl (C=O) groups is 1. The lowest BCUT2D eigenvalue weighted by atomic mass is 9.90. The fraction of sp³-hybridized carbons (Fsp3) is 0.833. The molecular formula is C6H9IO3. The van der Waals surface area contributed by atoms with E-state index in [1.165, 1.54) is 0 Å². The molecule has 58 valence electrons. The molecule has 0 aromatic heterocycles. The minimum atomic E-state index is -0.723. The number of rotatable bonds is 2. The highest BCUT2D eigenvalue weighted by Gasteiger charge is 2.41. The van der Waals surface area contributed by atoms with Crippen LogP contribution in [0.25, 0.3) is 0 Å². The maximum atomic E-state index is 10.7. The molecule has 1 heterocycles. The van der Waals surface area contributed by atoms with Crippen LogP contribution in [0, 0.1) is 5.41 Å². The lowest BCUT2D eigenvalue weighted by molar-refractivity contribution is -0.147. The Kier molecular flexibility index (Phi) is 2.51. The van der Waals surface area contributed by atoms with Gasteiger partial charge in [-0.05, 0) is 6.42 Å². The molecule has 1 N–H and O–H groups in total. The van der Waals surface area contributed by atoms with Gasteiger partial charge in [0.2, 0.25) is 0 Å². The molecule has 0 aromatic rings. The van der Waals surface area contributed by atoms with E-state index in [9.17, 15) is 4.79 Å². The third-order valence-corrected chi connectivity index (χ3v) is 3.27. The zero-order chi connectivity index (χ0) is 7.61. The number of carboxylic acids is 1. The van der Waals surface area contributed by atoms with Gasteiger partial charge in [0.15, 0.2) is 0 Å². The zero-order valence-electron chi connectivity index (χ0n) is 5.47. The molecular weight excluding hydrogens is 247 g/mol. The molecule has 1 unspecified atom stereocenters. The average Bonchev–Trinajstić information content (AvgIpc) is 2.35. The molecule has 0 aromatic carbocycles. The number of aliphatic carboxylic acids is 1. The smallest absolute Gasteiger partial charge is 0.312 e. The van der Waals surface area contributed by atoms with Crippen LogP contribution in [0.1, 0.15) is 6.42 Å². The molecule has 10 heavy (non-hydrogen) atoms. The third kappa shape index (κ3) is 1.27. The number of hydrogen-bond donors (Lipinski definition) is 1. The molecule has 1 aliphatic heterocycles. The Bertz CT molecular complexity index is 140. The second kappa shape index (κ2) is 3.04. The van der Waals surface area contributed by atoms with Crippen LogP contribution in [0.2, 0.25) is 0 Å². The first-order chi connectivity index (χ1) is 4.71. The van der Waals surface area contributed by atoms with Gasteiger partial charge in [-0.25, -0.2) is 0 Å². The van der Waals surface area contributed by atoms with E-state index in [0.717, 1.165) is 0 Å². The SMILES string of the molecule is O=C(O)C1(CI)CCOC1.